The molecule has 0 saturated heterocycles. The SMILES string of the molecule is CCNCc1sc(-c2cc(Br)cs2)nc1CC. The van der Waals surface area contributed by atoms with Crippen molar-refractivity contribution in [2.24, 2.45) is 0 Å². The second kappa shape index (κ2) is 6.09. The van der Waals surface area contributed by atoms with Gasteiger partial charge in [0.1, 0.15) is 5.01 Å². The minimum absolute atomic E-state index is 0.934. The van der Waals surface area contributed by atoms with E-state index < -0.39 is 0 Å². The Labute approximate surface area is 118 Å². The van der Waals surface area contributed by atoms with Gasteiger partial charge in [0, 0.05) is 21.3 Å². The topological polar surface area (TPSA) is 24.9 Å². The number of thiophene rings is 1. The highest BCUT2D eigenvalue weighted by Crippen LogP contribution is 2.34. The Morgan fingerprint density at radius 2 is 2.24 bits per heavy atom. The Hall–Kier alpha value is -0.230. The lowest BCUT2D eigenvalue weighted by Crippen LogP contribution is -2.11. The van der Waals surface area contributed by atoms with Gasteiger partial charge in [0.25, 0.3) is 0 Å². The summed E-state index contributed by atoms with van der Waals surface area (Å²) in [7, 11) is 0. The number of aromatic nitrogens is 1. The zero-order chi connectivity index (χ0) is 12.3. The molecule has 0 saturated carbocycles. The number of thiazole rings is 1. The van der Waals surface area contributed by atoms with Crippen LogP contribution in [-0.2, 0) is 13.0 Å². The fourth-order valence-electron chi connectivity index (χ4n) is 1.57. The monoisotopic (exact) mass is 330 g/mol. The Bertz CT molecular complexity index is 490. The minimum Gasteiger partial charge on any atom is -0.312 e. The standard InChI is InChI=1S/C12H15BrN2S2/c1-3-9-11(6-14-4-2)17-12(15-9)10-5-8(13)7-16-10/h5,7,14H,3-4,6H2,1-2H3. The second-order valence-electron chi connectivity index (χ2n) is 3.65. The number of halogens is 1. The van der Waals surface area contributed by atoms with Crippen molar-refractivity contribution in [3.05, 3.63) is 26.5 Å². The van der Waals surface area contributed by atoms with Crippen LogP contribution >= 0.6 is 38.6 Å². The van der Waals surface area contributed by atoms with Crippen LogP contribution in [0.4, 0.5) is 0 Å². The maximum absolute atomic E-state index is 4.73. The van der Waals surface area contributed by atoms with Crippen LogP contribution in [0.15, 0.2) is 15.9 Å². The van der Waals surface area contributed by atoms with Crippen LogP contribution < -0.4 is 5.32 Å². The first kappa shape index (κ1) is 13.2. The van der Waals surface area contributed by atoms with E-state index in [1.807, 2.05) is 0 Å². The lowest BCUT2D eigenvalue weighted by atomic mass is 10.3. The molecule has 0 aliphatic heterocycles. The van der Waals surface area contributed by atoms with Crippen molar-refractivity contribution >= 4 is 38.6 Å². The number of nitrogens with one attached hydrogen (secondary N) is 1. The molecule has 0 radical (unpaired) electrons. The van der Waals surface area contributed by atoms with E-state index in [0.29, 0.717) is 0 Å². The third-order valence-corrected chi connectivity index (χ3v) is 5.38. The highest BCUT2D eigenvalue weighted by Gasteiger charge is 2.12. The Balaban J connectivity index is 2.27. The molecule has 2 aromatic heterocycles. The molecule has 2 rings (SSSR count). The normalized spacial score (nSPS) is 11.0. The minimum atomic E-state index is 0.934. The molecule has 0 unspecified atom stereocenters. The summed E-state index contributed by atoms with van der Waals surface area (Å²) >= 11 is 7.03. The van der Waals surface area contributed by atoms with Crippen LogP contribution in [0.3, 0.4) is 0 Å². The van der Waals surface area contributed by atoms with Crippen LogP contribution in [-0.4, -0.2) is 11.5 Å². The Morgan fingerprint density at radius 1 is 1.41 bits per heavy atom. The van der Waals surface area contributed by atoms with Crippen LogP contribution in [0.25, 0.3) is 9.88 Å². The molecule has 5 heteroatoms. The predicted molar refractivity (Wildman–Crippen MR) is 79.9 cm³/mol. The van der Waals surface area contributed by atoms with Gasteiger partial charge in [-0.1, -0.05) is 13.8 Å². The lowest BCUT2D eigenvalue weighted by molar-refractivity contribution is 0.727. The fourth-order valence-corrected chi connectivity index (χ4v) is 4.18. The molecule has 0 aliphatic carbocycles. The van der Waals surface area contributed by atoms with Crippen molar-refractivity contribution in [2.75, 3.05) is 6.54 Å². The molecule has 2 aromatic rings. The molecule has 0 fully saturated rings. The van der Waals surface area contributed by atoms with Gasteiger partial charge in [0.05, 0.1) is 10.6 Å². The number of hydrogen-bond acceptors (Lipinski definition) is 4. The van der Waals surface area contributed by atoms with E-state index in [2.05, 4.69) is 46.5 Å². The molecule has 0 spiro atoms. The summed E-state index contributed by atoms with van der Waals surface area (Å²) in [5, 5.41) is 6.62. The van der Waals surface area contributed by atoms with Crippen molar-refractivity contribution < 1.29 is 0 Å². The van der Waals surface area contributed by atoms with Gasteiger partial charge < -0.3 is 5.32 Å². The molecule has 0 aromatic carbocycles. The van der Waals surface area contributed by atoms with E-state index in [0.717, 1.165) is 29.0 Å². The largest absolute Gasteiger partial charge is 0.312 e. The van der Waals surface area contributed by atoms with Gasteiger partial charge in [-0.15, -0.1) is 22.7 Å². The predicted octanol–water partition coefficient (Wildman–Crippen LogP) is 4.31. The van der Waals surface area contributed by atoms with Crippen molar-refractivity contribution in [1.82, 2.24) is 10.3 Å². The first-order chi connectivity index (χ1) is 8.24. The summed E-state index contributed by atoms with van der Waals surface area (Å²) in [5.74, 6) is 0. The maximum Gasteiger partial charge on any atom is 0.133 e. The van der Waals surface area contributed by atoms with Gasteiger partial charge in [-0.3, -0.25) is 0 Å². The molecule has 2 heterocycles. The third kappa shape index (κ3) is 3.16. The highest BCUT2D eigenvalue weighted by atomic mass is 79.9. The van der Waals surface area contributed by atoms with E-state index in [9.17, 15) is 0 Å². The van der Waals surface area contributed by atoms with Gasteiger partial charge in [-0.2, -0.15) is 0 Å². The summed E-state index contributed by atoms with van der Waals surface area (Å²) in [6, 6.07) is 2.14. The van der Waals surface area contributed by atoms with Gasteiger partial charge >= 0.3 is 0 Å². The summed E-state index contributed by atoms with van der Waals surface area (Å²) in [5.41, 5.74) is 1.23. The summed E-state index contributed by atoms with van der Waals surface area (Å²) < 4.78 is 1.14. The molecule has 0 amide bonds. The van der Waals surface area contributed by atoms with Crippen LogP contribution in [0.5, 0.6) is 0 Å². The van der Waals surface area contributed by atoms with E-state index >= 15 is 0 Å². The number of hydrogen-bond donors (Lipinski definition) is 1. The molecular formula is C12H15BrN2S2. The molecule has 2 nitrogen and oxygen atoms in total. The summed E-state index contributed by atoms with van der Waals surface area (Å²) in [4.78, 5) is 7.35. The lowest BCUT2D eigenvalue weighted by Gasteiger charge is -1.99. The number of nitrogens with zero attached hydrogens (tertiary/aromatic N) is 1. The quantitative estimate of drug-likeness (QED) is 0.883. The van der Waals surface area contributed by atoms with Crippen LogP contribution in [0.2, 0.25) is 0 Å². The zero-order valence-electron chi connectivity index (χ0n) is 9.92. The van der Waals surface area contributed by atoms with Crippen molar-refractivity contribution in [3.63, 3.8) is 0 Å². The van der Waals surface area contributed by atoms with Crippen molar-refractivity contribution in [2.45, 2.75) is 26.8 Å². The first-order valence-corrected chi connectivity index (χ1v) is 8.17. The Morgan fingerprint density at radius 3 is 2.82 bits per heavy atom. The summed E-state index contributed by atoms with van der Waals surface area (Å²) in [6.45, 7) is 6.23. The van der Waals surface area contributed by atoms with E-state index in [1.54, 1.807) is 22.7 Å². The molecule has 92 valence electrons. The van der Waals surface area contributed by atoms with Gasteiger partial charge in [0.2, 0.25) is 0 Å². The van der Waals surface area contributed by atoms with Gasteiger partial charge in [-0.25, -0.2) is 4.98 Å². The van der Waals surface area contributed by atoms with Crippen molar-refractivity contribution in [3.8, 4) is 9.88 Å². The first-order valence-electron chi connectivity index (χ1n) is 5.68. The maximum atomic E-state index is 4.73. The highest BCUT2D eigenvalue weighted by molar-refractivity contribution is 9.10. The molecule has 0 aliphatic rings. The van der Waals surface area contributed by atoms with Gasteiger partial charge in [0.15, 0.2) is 0 Å². The molecule has 0 atom stereocenters. The fraction of sp³-hybridized carbons (Fsp3) is 0.417. The van der Waals surface area contributed by atoms with E-state index in [4.69, 9.17) is 4.98 Å². The van der Waals surface area contributed by atoms with Gasteiger partial charge in [-0.05, 0) is 35.0 Å². The smallest absolute Gasteiger partial charge is 0.133 e. The van der Waals surface area contributed by atoms with E-state index in [-0.39, 0.29) is 0 Å². The Kier molecular flexibility index (Phi) is 4.73. The van der Waals surface area contributed by atoms with Crippen molar-refractivity contribution in [1.29, 1.82) is 0 Å². The number of rotatable bonds is 5. The number of aryl methyl sites for hydroxylation is 1. The zero-order valence-corrected chi connectivity index (χ0v) is 13.1. The average Bonchev–Trinajstić information content (AvgIpc) is 2.92. The molecular weight excluding hydrogens is 316 g/mol. The van der Waals surface area contributed by atoms with Crippen LogP contribution in [0.1, 0.15) is 24.4 Å². The molecule has 17 heavy (non-hydrogen) atoms. The third-order valence-electron chi connectivity index (χ3n) is 2.43. The summed E-state index contributed by atoms with van der Waals surface area (Å²) in [6.07, 6.45) is 1.00. The molecule has 0 bridgehead atoms. The molecule has 1 N–H and O–H groups in total. The van der Waals surface area contributed by atoms with E-state index in [1.165, 1.54) is 15.4 Å². The average molecular weight is 331 g/mol. The van der Waals surface area contributed by atoms with Crippen LogP contribution in [0, 0.1) is 0 Å². The second-order valence-corrected chi connectivity index (χ2v) is 6.56.